The van der Waals surface area contributed by atoms with Crippen molar-refractivity contribution in [3.8, 4) is 0 Å². The van der Waals surface area contributed by atoms with Gasteiger partial charge in [-0.15, -0.1) is 0 Å². The van der Waals surface area contributed by atoms with Crippen molar-refractivity contribution in [2.45, 2.75) is 111 Å². The average molecular weight is 409 g/mol. The Morgan fingerprint density at radius 3 is 1.75 bits per heavy atom. The third kappa shape index (κ3) is 6.59. The maximum Gasteiger partial charge on any atom is 0.335 e. The minimum Gasteiger partial charge on any atom is -0.479 e. The van der Waals surface area contributed by atoms with E-state index in [2.05, 4.69) is 46.0 Å². The van der Waals surface area contributed by atoms with E-state index in [0.717, 1.165) is 12.8 Å². The first kappa shape index (κ1) is 25.2. The predicted molar refractivity (Wildman–Crippen MR) is 122 cm³/mol. The van der Waals surface area contributed by atoms with Gasteiger partial charge in [0.05, 0.1) is 0 Å². The zero-order valence-corrected chi connectivity index (χ0v) is 20.4. The van der Waals surface area contributed by atoms with E-state index in [0.29, 0.717) is 0 Å². The molecule has 1 rings (SSSR count). The van der Waals surface area contributed by atoms with Gasteiger partial charge in [0, 0.05) is 5.41 Å². The molecule has 1 aliphatic heterocycles. The molecule has 1 N–H and O–H groups in total. The first-order valence-electron chi connectivity index (χ1n) is 11.3. The number of rotatable bonds is 14. The van der Waals surface area contributed by atoms with Crippen LogP contribution < -0.4 is 0 Å². The van der Waals surface area contributed by atoms with E-state index in [-0.39, 0.29) is 5.41 Å². The van der Waals surface area contributed by atoms with Crippen LogP contribution in [-0.4, -0.2) is 25.7 Å². The van der Waals surface area contributed by atoms with E-state index >= 15 is 0 Å². The standard InChI is InChI=1S/C24H44O3Si/c1-7-8-9-10-11-12-13-14-15-18-23(5,22(2,3)4)24(6,21(25)26)27-28-19-16-17-20-28/h16-17,19-20,28H,7-15,18H2,1-6H3,(H,25,26)/t23?,24-/m0/s1. The highest BCUT2D eigenvalue weighted by atomic mass is 28.3. The zero-order valence-electron chi connectivity index (χ0n) is 19.2. The van der Waals surface area contributed by atoms with Gasteiger partial charge in [-0.3, -0.25) is 0 Å². The normalized spacial score (nSPS) is 18.9. The first-order valence-corrected chi connectivity index (χ1v) is 13.1. The van der Waals surface area contributed by atoms with Gasteiger partial charge < -0.3 is 9.53 Å². The fourth-order valence-corrected chi connectivity index (χ4v) is 6.18. The molecule has 1 heterocycles. The van der Waals surface area contributed by atoms with E-state index in [1.165, 1.54) is 51.4 Å². The molecule has 0 saturated heterocycles. The van der Waals surface area contributed by atoms with Crippen LogP contribution in [0.25, 0.3) is 0 Å². The summed E-state index contributed by atoms with van der Waals surface area (Å²) >= 11 is 0. The molecule has 0 aromatic carbocycles. The topological polar surface area (TPSA) is 46.5 Å². The van der Waals surface area contributed by atoms with Crippen LogP contribution in [0.5, 0.6) is 0 Å². The van der Waals surface area contributed by atoms with Crippen LogP contribution in [0.2, 0.25) is 0 Å². The van der Waals surface area contributed by atoms with E-state index in [1.54, 1.807) is 6.92 Å². The van der Waals surface area contributed by atoms with Crippen molar-refractivity contribution in [3.05, 3.63) is 23.6 Å². The van der Waals surface area contributed by atoms with Crippen LogP contribution in [0, 0.1) is 10.8 Å². The molecule has 1 unspecified atom stereocenters. The number of carbonyl (C=O) groups is 1. The van der Waals surface area contributed by atoms with Gasteiger partial charge in [-0.1, -0.05) is 116 Å². The van der Waals surface area contributed by atoms with Crippen LogP contribution in [0.3, 0.4) is 0 Å². The van der Waals surface area contributed by atoms with Gasteiger partial charge in [0.2, 0.25) is 9.04 Å². The zero-order chi connectivity index (χ0) is 21.3. The second kappa shape index (κ2) is 11.3. The van der Waals surface area contributed by atoms with E-state index in [4.69, 9.17) is 4.43 Å². The van der Waals surface area contributed by atoms with Crippen LogP contribution in [0.4, 0.5) is 0 Å². The number of aliphatic carboxylic acids is 1. The molecule has 0 spiro atoms. The van der Waals surface area contributed by atoms with Crippen molar-refractivity contribution in [2.75, 3.05) is 0 Å². The molecular weight excluding hydrogens is 364 g/mol. The van der Waals surface area contributed by atoms with Crippen molar-refractivity contribution >= 4 is 15.0 Å². The molecule has 0 bridgehead atoms. The minimum absolute atomic E-state index is 0.166. The Morgan fingerprint density at radius 2 is 1.32 bits per heavy atom. The molecule has 0 aromatic heterocycles. The third-order valence-electron chi connectivity index (χ3n) is 6.98. The summed E-state index contributed by atoms with van der Waals surface area (Å²) in [6.07, 6.45) is 16.3. The smallest absolute Gasteiger partial charge is 0.335 e. The quantitative estimate of drug-likeness (QED) is 0.255. The monoisotopic (exact) mass is 408 g/mol. The highest BCUT2D eigenvalue weighted by Gasteiger charge is 2.57. The predicted octanol–water partition coefficient (Wildman–Crippen LogP) is 6.75. The molecule has 0 radical (unpaired) electrons. The maximum absolute atomic E-state index is 12.4. The maximum atomic E-state index is 12.4. The molecule has 28 heavy (non-hydrogen) atoms. The second-order valence-electron chi connectivity index (χ2n) is 9.85. The van der Waals surface area contributed by atoms with Crippen LogP contribution in [0.1, 0.15) is 106 Å². The number of hydrogen-bond acceptors (Lipinski definition) is 2. The molecule has 4 heteroatoms. The van der Waals surface area contributed by atoms with Gasteiger partial charge in [0.15, 0.2) is 5.60 Å². The Balaban J connectivity index is 2.68. The van der Waals surface area contributed by atoms with Crippen molar-refractivity contribution < 1.29 is 14.3 Å². The van der Waals surface area contributed by atoms with Crippen molar-refractivity contribution in [3.63, 3.8) is 0 Å². The third-order valence-corrected chi connectivity index (χ3v) is 8.93. The summed E-state index contributed by atoms with van der Waals surface area (Å²) in [6.45, 7) is 12.7. The molecular formula is C24H44O3Si. The molecule has 0 saturated carbocycles. The molecule has 162 valence electrons. The summed E-state index contributed by atoms with van der Waals surface area (Å²) in [5, 5.41) is 10.2. The lowest BCUT2D eigenvalue weighted by Crippen LogP contribution is -2.59. The molecule has 0 aliphatic carbocycles. The van der Waals surface area contributed by atoms with E-state index in [1.807, 2.05) is 12.2 Å². The lowest BCUT2D eigenvalue weighted by molar-refractivity contribution is -0.178. The number of unbranched alkanes of at least 4 members (excludes halogenated alkanes) is 8. The SMILES string of the molecule is CCCCCCCCCCCC(C)(C(C)(C)C)[C@@](C)(O[SiH]1C=CC=C1)C(=O)O. The van der Waals surface area contributed by atoms with E-state index in [9.17, 15) is 9.90 Å². The summed E-state index contributed by atoms with van der Waals surface area (Å²) in [4.78, 5) is 12.4. The van der Waals surface area contributed by atoms with Gasteiger partial charge in [-0.25, -0.2) is 4.79 Å². The number of carboxylic acid groups (broad SMARTS) is 1. The summed E-state index contributed by atoms with van der Waals surface area (Å²) in [7, 11) is -1.74. The average Bonchev–Trinajstić information content (AvgIpc) is 3.11. The Morgan fingerprint density at radius 1 is 0.857 bits per heavy atom. The second-order valence-corrected chi connectivity index (χ2v) is 11.8. The Hall–Kier alpha value is -0.873. The number of allylic oxidation sites excluding steroid dienone is 2. The van der Waals surface area contributed by atoms with Gasteiger partial charge >= 0.3 is 5.97 Å². The fraction of sp³-hybridized carbons (Fsp3) is 0.792. The van der Waals surface area contributed by atoms with Crippen LogP contribution in [-0.2, 0) is 9.22 Å². The summed E-state index contributed by atoms with van der Waals surface area (Å²) in [6, 6.07) is 0. The summed E-state index contributed by atoms with van der Waals surface area (Å²) in [5.41, 5.74) is 2.33. The Bertz CT molecular complexity index is 522. The van der Waals surface area contributed by atoms with Gasteiger partial charge in [0.25, 0.3) is 0 Å². The molecule has 0 amide bonds. The lowest BCUT2D eigenvalue weighted by Gasteiger charge is -2.52. The van der Waals surface area contributed by atoms with Crippen LogP contribution in [0.15, 0.2) is 23.6 Å². The van der Waals surface area contributed by atoms with Crippen molar-refractivity contribution in [1.82, 2.24) is 0 Å². The summed E-state index contributed by atoms with van der Waals surface area (Å²) < 4.78 is 6.35. The fourth-order valence-electron chi connectivity index (χ4n) is 4.30. The Kier molecular flexibility index (Phi) is 10.2. The Labute approximate surface area is 175 Å². The van der Waals surface area contributed by atoms with E-state index < -0.39 is 26.0 Å². The van der Waals surface area contributed by atoms with Gasteiger partial charge in [-0.2, -0.15) is 0 Å². The van der Waals surface area contributed by atoms with Crippen molar-refractivity contribution in [1.29, 1.82) is 0 Å². The van der Waals surface area contributed by atoms with Gasteiger partial charge in [-0.05, 0) is 18.8 Å². The first-order chi connectivity index (χ1) is 13.1. The molecule has 0 aromatic rings. The summed E-state index contributed by atoms with van der Waals surface area (Å²) in [5.74, 6) is -0.831. The number of carboxylic acids is 1. The lowest BCUT2D eigenvalue weighted by atomic mass is 9.57. The molecule has 1 aliphatic rings. The molecule has 3 nitrogen and oxygen atoms in total. The van der Waals surface area contributed by atoms with Crippen LogP contribution >= 0.6 is 0 Å². The van der Waals surface area contributed by atoms with Gasteiger partial charge in [0.1, 0.15) is 0 Å². The highest BCUT2D eigenvalue weighted by molar-refractivity contribution is 6.64. The highest BCUT2D eigenvalue weighted by Crippen LogP contribution is 2.52. The van der Waals surface area contributed by atoms with Crippen molar-refractivity contribution in [2.24, 2.45) is 10.8 Å². The molecule has 2 atom stereocenters. The number of hydrogen-bond donors (Lipinski definition) is 1. The largest absolute Gasteiger partial charge is 0.479 e. The molecule has 0 fully saturated rings. The minimum atomic E-state index is -1.74.